The summed E-state index contributed by atoms with van der Waals surface area (Å²) in [6, 6.07) is 12.9. The summed E-state index contributed by atoms with van der Waals surface area (Å²) < 4.78 is 10.4. The molecule has 2 aromatic heterocycles. The number of carbonyl (C=O) groups is 1. The highest BCUT2D eigenvalue weighted by Gasteiger charge is 2.17. The van der Waals surface area contributed by atoms with Gasteiger partial charge in [-0.15, -0.1) is 0 Å². The summed E-state index contributed by atoms with van der Waals surface area (Å²) in [6.45, 7) is 0. The molecule has 26 heavy (non-hydrogen) atoms. The fraction of sp³-hybridized carbons (Fsp3) is 0.0500. The molecule has 0 amide bonds. The molecule has 0 aliphatic rings. The molecular formula is C20H13NO5. The fourth-order valence-corrected chi connectivity index (χ4v) is 2.84. The van der Waals surface area contributed by atoms with Crippen LogP contribution in [0, 0.1) is 0 Å². The van der Waals surface area contributed by atoms with E-state index in [0.29, 0.717) is 22.2 Å². The molecule has 0 saturated heterocycles. The largest absolute Gasteiger partial charge is 0.507 e. The van der Waals surface area contributed by atoms with Crippen LogP contribution in [0.15, 0.2) is 63.9 Å². The number of hydrogen-bond donors (Lipinski definition) is 1. The van der Waals surface area contributed by atoms with Gasteiger partial charge in [0.2, 0.25) is 0 Å². The molecule has 6 heteroatoms. The number of phenolic OH excluding ortho intramolecular Hbond substituents is 1. The fourth-order valence-electron chi connectivity index (χ4n) is 2.84. The number of nitrogens with zero attached hydrogens (tertiary/aromatic N) is 1. The van der Waals surface area contributed by atoms with Gasteiger partial charge in [0.25, 0.3) is 0 Å². The number of ether oxygens (including phenoxy) is 1. The molecule has 2 heterocycles. The Labute approximate surface area is 147 Å². The van der Waals surface area contributed by atoms with Crippen LogP contribution in [-0.2, 0) is 0 Å². The van der Waals surface area contributed by atoms with Gasteiger partial charge in [0.15, 0.2) is 5.78 Å². The van der Waals surface area contributed by atoms with Crippen LogP contribution in [0.4, 0.5) is 0 Å². The van der Waals surface area contributed by atoms with E-state index in [1.807, 2.05) is 6.07 Å². The lowest BCUT2D eigenvalue weighted by molar-refractivity contribution is 0.103. The SMILES string of the molecule is COc1ccc(O)c(C(=O)c2cnc3c(c2)c(=O)oc2ccccc23)c1. The average molecular weight is 347 g/mol. The summed E-state index contributed by atoms with van der Waals surface area (Å²) in [4.78, 5) is 29.3. The Kier molecular flexibility index (Phi) is 3.65. The zero-order valence-corrected chi connectivity index (χ0v) is 13.7. The number of carbonyl (C=O) groups excluding carboxylic acids is 1. The lowest BCUT2D eigenvalue weighted by Crippen LogP contribution is -2.07. The summed E-state index contributed by atoms with van der Waals surface area (Å²) in [5, 5.41) is 10.9. The third kappa shape index (κ3) is 2.48. The number of pyridine rings is 1. The molecule has 2 aromatic carbocycles. The van der Waals surface area contributed by atoms with Crippen molar-refractivity contribution in [2.45, 2.75) is 0 Å². The van der Waals surface area contributed by atoms with Crippen molar-refractivity contribution in [3.8, 4) is 11.5 Å². The topological polar surface area (TPSA) is 89.6 Å². The number of para-hydroxylation sites is 1. The maximum absolute atomic E-state index is 12.8. The van der Waals surface area contributed by atoms with Gasteiger partial charge >= 0.3 is 5.63 Å². The van der Waals surface area contributed by atoms with E-state index >= 15 is 0 Å². The first kappa shape index (κ1) is 15.8. The molecule has 1 N–H and O–H groups in total. The molecule has 0 saturated carbocycles. The minimum Gasteiger partial charge on any atom is -0.507 e. The van der Waals surface area contributed by atoms with Gasteiger partial charge < -0.3 is 14.3 Å². The second-order valence-corrected chi connectivity index (χ2v) is 5.72. The van der Waals surface area contributed by atoms with E-state index in [9.17, 15) is 14.7 Å². The molecule has 0 unspecified atom stereocenters. The Morgan fingerprint density at radius 1 is 1.12 bits per heavy atom. The van der Waals surface area contributed by atoms with Crippen molar-refractivity contribution in [3.05, 3.63) is 76.3 Å². The van der Waals surface area contributed by atoms with Gasteiger partial charge in [-0.2, -0.15) is 0 Å². The Hall–Kier alpha value is -3.67. The van der Waals surface area contributed by atoms with Crippen LogP contribution < -0.4 is 10.4 Å². The molecule has 128 valence electrons. The van der Waals surface area contributed by atoms with E-state index in [0.717, 1.165) is 0 Å². The van der Waals surface area contributed by atoms with E-state index in [-0.39, 0.29) is 22.3 Å². The Bertz CT molecular complexity index is 1230. The van der Waals surface area contributed by atoms with Crippen molar-refractivity contribution in [3.63, 3.8) is 0 Å². The van der Waals surface area contributed by atoms with E-state index < -0.39 is 11.4 Å². The van der Waals surface area contributed by atoms with E-state index in [1.54, 1.807) is 24.3 Å². The van der Waals surface area contributed by atoms with Gasteiger partial charge in [-0.05, 0) is 36.4 Å². The second kappa shape index (κ2) is 6.00. The van der Waals surface area contributed by atoms with Gasteiger partial charge in [0.1, 0.15) is 17.1 Å². The Morgan fingerprint density at radius 2 is 1.92 bits per heavy atom. The summed E-state index contributed by atoms with van der Waals surface area (Å²) in [5.41, 5.74) is 0.556. The van der Waals surface area contributed by atoms with Crippen molar-refractivity contribution >= 4 is 27.7 Å². The lowest BCUT2D eigenvalue weighted by atomic mass is 10.0. The van der Waals surface area contributed by atoms with Crippen LogP contribution >= 0.6 is 0 Å². The van der Waals surface area contributed by atoms with Crippen molar-refractivity contribution in [2.75, 3.05) is 7.11 Å². The lowest BCUT2D eigenvalue weighted by Gasteiger charge is -2.07. The first-order valence-electron chi connectivity index (χ1n) is 7.82. The van der Waals surface area contributed by atoms with Gasteiger partial charge in [-0.1, -0.05) is 12.1 Å². The summed E-state index contributed by atoms with van der Waals surface area (Å²) >= 11 is 0. The smallest absolute Gasteiger partial charge is 0.345 e. The third-order valence-electron chi connectivity index (χ3n) is 4.16. The van der Waals surface area contributed by atoms with Crippen LogP contribution in [0.5, 0.6) is 11.5 Å². The number of phenols is 1. The molecule has 0 bridgehead atoms. The number of ketones is 1. The van der Waals surface area contributed by atoms with Crippen molar-refractivity contribution in [1.29, 1.82) is 0 Å². The van der Waals surface area contributed by atoms with Crippen molar-refractivity contribution in [1.82, 2.24) is 4.98 Å². The number of benzene rings is 2. The molecule has 0 radical (unpaired) electrons. The zero-order valence-electron chi connectivity index (χ0n) is 13.7. The van der Waals surface area contributed by atoms with Gasteiger partial charge in [0, 0.05) is 17.1 Å². The summed E-state index contributed by atoms with van der Waals surface area (Å²) in [7, 11) is 1.47. The monoisotopic (exact) mass is 347 g/mol. The third-order valence-corrected chi connectivity index (χ3v) is 4.16. The molecule has 0 aliphatic heterocycles. The highest BCUT2D eigenvalue weighted by Crippen LogP contribution is 2.27. The van der Waals surface area contributed by atoms with Crippen molar-refractivity contribution in [2.24, 2.45) is 0 Å². The van der Waals surface area contributed by atoms with Crippen LogP contribution in [0.3, 0.4) is 0 Å². The highest BCUT2D eigenvalue weighted by molar-refractivity contribution is 6.13. The predicted molar refractivity (Wildman–Crippen MR) is 95.9 cm³/mol. The minimum atomic E-state index is -0.573. The van der Waals surface area contributed by atoms with Crippen LogP contribution in [0.1, 0.15) is 15.9 Å². The molecule has 4 rings (SSSR count). The van der Waals surface area contributed by atoms with E-state index in [1.165, 1.54) is 31.5 Å². The number of methoxy groups -OCH3 is 1. The van der Waals surface area contributed by atoms with Gasteiger partial charge in [-0.3, -0.25) is 9.78 Å². The van der Waals surface area contributed by atoms with E-state index in [4.69, 9.17) is 9.15 Å². The second-order valence-electron chi connectivity index (χ2n) is 5.72. The number of aromatic hydroxyl groups is 1. The standard InChI is InChI=1S/C20H13NO5/c1-25-12-6-7-16(22)14(9-12)19(23)11-8-15-18(21-10-11)13-4-2-3-5-17(13)26-20(15)24/h2-10,22H,1H3. The highest BCUT2D eigenvalue weighted by atomic mass is 16.5. The predicted octanol–water partition coefficient (Wildman–Crippen LogP) is 3.29. The molecular weight excluding hydrogens is 334 g/mol. The van der Waals surface area contributed by atoms with E-state index in [2.05, 4.69) is 4.98 Å². The molecule has 0 fully saturated rings. The van der Waals surface area contributed by atoms with Crippen LogP contribution in [0.25, 0.3) is 21.9 Å². The van der Waals surface area contributed by atoms with Gasteiger partial charge in [0.05, 0.1) is 23.6 Å². The van der Waals surface area contributed by atoms with Crippen molar-refractivity contribution < 1.29 is 19.1 Å². The maximum atomic E-state index is 12.8. The normalized spacial score (nSPS) is 11.0. The quantitative estimate of drug-likeness (QED) is 0.347. The molecule has 6 nitrogen and oxygen atoms in total. The summed E-state index contributed by atoms with van der Waals surface area (Å²) in [5.74, 6) is -0.213. The van der Waals surface area contributed by atoms with Crippen LogP contribution in [-0.4, -0.2) is 23.0 Å². The number of aromatic nitrogens is 1. The number of fused-ring (bicyclic) bond motifs is 3. The molecule has 0 spiro atoms. The summed E-state index contributed by atoms with van der Waals surface area (Å²) in [6.07, 6.45) is 1.38. The molecule has 0 atom stereocenters. The number of rotatable bonds is 3. The molecule has 0 aliphatic carbocycles. The zero-order chi connectivity index (χ0) is 18.3. The maximum Gasteiger partial charge on any atom is 0.345 e. The van der Waals surface area contributed by atoms with Crippen LogP contribution in [0.2, 0.25) is 0 Å². The Balaban J connectivity index is 1.91. The molecule has 4 aromatic rings. The van der Waals surface area contributed by atoms with Gasteiger partial charge in [-0.25, -0.2) is 4.79 Å². The first-order chi connectivity index (χ1) is 12.6. The minimum absolute atomic E-state index is 0.0654. The average Bonchev–Trinajstić information content (AvgIpc) is 2.68. The first-order valence-corrected chi connectivity index (χ1v) is 7.82. The number of hydrogen-bond acceptors (Lipinski definition) is 6. The Morgan fingerprint density at radius 3 is 2.73 bits per heavy atom.